The van der Waals surface area contributed by atoms with Crippen molar-refractivity contribution < 1.29 is 4.79 Å². The van der Waals surface area contributed by atoms with E-state index in [0.29, 0.717) is 30.5 Å². The molecule has 0 spiro atoms. The minimum Gasteiger partial charge on any atom is -0.337 e. The zero-order chi connectivity index (χ0) is 13.2. The fourth-order valence-electron chi connectivity index (χ4n) is 3.96. The van der Waals surface area contributed by atoms with Crippen LogP contribution >= 0.6 is 24.8 Å². The summed E-state index contributed by atoms with van der Waals surface area (Å²) in [6, 6.07) is 1.46. The molecule has 4 nitrogen and oxygen atoms in total. The fourth-order valence-corrected chi connectivity index (χ4v) is 3.96. The quantitative estimate of drug-likeness (QED) is 0.837. The van der Waals surface area contributed by atoms with Crippen molar-refractivity contribution in [3.63, 3.8) is 0 Å². The monoisotopic (exact) mass is 337 g/mol. The highest BCUT2D eigenvalue weighted by Gasteiger charge is 2.35. The third-order valence-corrected chi connectivity index (χ3v) is 5.09. The van der Waals surface area contributed by atoms with Gasteiger partial charge in [-0.05, 0) is 45.7 Å². The Labute approximate surface area is 140 Å². The minimum atomic E-state index is 0. The van der Waals surface area contributed by atoms with E-state index in [-0.39, 0.29) is 24.8 Å². The number of halogens is 2. The Morgan fingerprint density at radius 1 is 1.14 bits per heavy atom. The highest BCUT2D eigenvalue weighted by atomic mass is 35.5. The van der Waals surface area contributed by atoms with Gasteiger partial charge in [0.1, 0.15) is 0 Å². The van der Waals surface area contributed by atoms with Gasteiger partial charge in [0.25, 0.3) is 0 Å². The molecule has 3 aliphatic rings. The SMILES string of the molecule is CC1CN2CCCCC2CN1C(=O)CC1CCCN1.Cl.Cl. The normalized spacial score (nSPS) is 32.8. The summed E-state index contributed by atoms with van der Waals surface area (Å²) in [7, 11) is 0. The van der Waals surface area contributed by atoms with Crippen LogP contribution in [0.4, 0.5) is 0 Å². The van der Waals surface area contributed by atoms with Crippen LogP contribution in [0.25, 0.3) is 0 Å². The molecule has 1 amide bonds. The largest absolute Gasteiger partial charge is 0.337 e. The Morgan fingerprint density at radius 2 is 1.95 bits per heavy atom. The number of nitrogens with zero attached hydrogens (tertiary/aromatic N) is 2. The topological polar surface area (TPSA) is 35.6 Å². The molecule has 3 rings (SSSR count). The summed E-state index contributed by atoms with van der Waals surface area (Å²) in [5.41, 5.74) is 0. The molecule has 3 atom stereocenters. The van der Waals surface area contributed by atoms with Gasteiger partial charge in [-0.1, -0.05) is 6.42 Å². The van der Waals surface area contributed by atoms with Gasteiger partial charge >= 0.3 is 0 Å². The van der Waals surface area contributed by atoms with Crippen LogP contribution in [0, 0.1) is 0 Å². The molecule has 124 valence electrons. The molecule has 0 aliphatic carbocycles. The summed E-state index contributed by atoms with van der Waals surface area (Å²) in [5.74, 6) is 0.372. The van der Waals surface area contributed by atoms with Gasteiger partial charge < -0.3 is 10.2 Å². The van der Waals surface area contributed by atoms with Crippen LogP contribution in [0.3, 0.4) is 0 Å². The average molecular weight is 338 g/mol. The predicted octanol–water partition coefficient (Wildman–Crippen LogP) is 2.06. The standard InChI is InChI=1S/C15H27N3O.2ClH/c1-12-10-17-8-3-2-6-14(17)11-18(12)15(19)9-13-5-4-7-16-13;;/h12-14,16H,2-11H2,1H3;2*1H. The average Bonchev–Trinajstić information content (AvgIpc) is 2.90. The van der Waals surface area contributed by atoms with Gasteiger partial charge in [-0.15, -0.1) is 24.8 Å². The van der Waals surface area contributed by atoms with Crippen molar-refractivity contribution in [3.05, 3.63) is 0 Å². The number of carbonyl (C=O) groups excluding carboxylic acids is 1. The lowest BCUT2D eigenvalue weighted by Gasteiger charge is -2.47. The number of amides is 1. The molecular weight excluding hydrogens is 309 g/mol. The van der Waals surface area contributed by atoms with E-state index < -0.39 is 0 Å². The summed E-state index contributed by atoms with van der Waals surface area (Å²) in [6.07, 6.45) is 7.05. The maximum absolute atomic E-state index is 12.5. The first-order valence-electron chi connectivity index (χ1n) is 8.01. The van der Waals surface area contributed by atoms with Gasteiger partial charge in [0.2, 0.25) is 5.91 Å². The first kappa shape index (κ1) is 19.0. The molecule has 0 aromatic heterocycles. The fraction of sp³-hybridized carbons (Fsp3) is 0.933. The first-order valence-corrected chi connectivity index (χ1v) is 8.01. The van der Waals surface area contributed by atoms with Gasteiger partial charge in [0.15, 0.2) is 0 Å². The second-order valence-electron chi connectivity index (χ2n) is 6.54. The van der Waals surface area contributed by atoms with Crippen LogP contribution < -0.4 is 5.32 Å². The molecule has 21 heavy (non-hydrogen) atoms. The van der Waals surface area contributed by atoms with Crippen LogP contribution in [0.5, 0.6) is 0 Å². The van der Waals surface area contributed by atoms with Crippen molar-refractivity contribution in [2.24, 2.45) is 0 Å². The molecule has 3 saturated heterocycles. The number of hydrogen-bond acceptors (Lipinski definition) is 3. The molecule has 3 aliphatic heterocycles. The van der Waals surface area contributed by atoms with Crippen LogP contribution in [0.2, 0.25) is 0 Å². The van der Waals surface area contributed by atoms with E-state index in [0.717, 1.165) is 19.6 Å². The number of nitrogens with one attached hydrogen (secondary N) is 1. The van der Waals surface area contributed by atoms with Gasteiger partial charge in [0, 0.05) is 37.6 Å². The van der Waals surface area contributed by atoms with Crippen molar-refractivity contribution in [1.29, 1.82) is 0 Å². The summed E-state index contributed by atoms with van der Waals surface area (Å²) in [6.45, 7) is 6.58. The highest BCUT2D eigenvalue weighted by Crippen LogP contribution is 2.25. The molecule has 0 aromatic rings. The van der Waals surface area contributed by atoms with Crippen molar-refractivity contribution in [1.82, 2.24) is 15.1 Å². The van der Waals surface area contributed by atoms with Gasteiger partial charge in [-0.25, -0.2) is 0 Å². The van der Waals surface area contributed by atoms with E-state index in [1.54, 1.807) is 0 Å². The highest BCUT2D eigenvalue weighted by molar-refractivity contribution is 5.85. The molecule has 0 radical (unpaired) electrons. The summed E-state index contributed by atoms with van der Waals surface area (Å²) >= 11 is 0. The van der Waals surface area contributed by atoms with Crippen molar-refractivity contribution in [2.75, 3.05) is 26.2 Å². The number of rotatable bonds is 2. The van der Waals surface area contributed by atoms with E-state index in [2.05, 4.69) is 22.0 Å². The Balaban J connectivity index is 0.00000110. The van der Waals surface area contributed by atoms with Gasteiger partial charge in [-0.2, -0.15) is 0 Å². The van der Waals surface area contributed by atoms with Crippen molar-refractivity contribution in [3.8, 4) is 0 Å². The lowest BCUT2D eigenvalue weighted by Crippen LogP contribution is -2.60. The summed E-state index contributed by atoms with van der Waals surface area (Å²) in [5, 5.41) is 3.44. The lowest BCUT2D eigenvalue weighted by molar-refractivity contribution is -0.138. The number of piperazine rings is 1. The maximum Gasteiger partial charge on any atom is 0.224 e. The Morgan fingerprint density at radius 3 is 2.67 bits per heavy atom. The van der Waals surface area contributed by atoms with Crippen molar-refractivity contribution in [2.45, 2.75) is 63.6 Å². The molecule has 0 saturated carbocycles. The molecule has 3 heterocycles. The second kappa shape index (κ2) is 8.56. The van der Waals surface area contributed by atoms with E-state index in [4.69, 9.17) is 0 Å². The molecule has 3 unspecified atom stereocenters. The van der Waals surface area contributed by atoms with E-state index in [1.165, 1.54) is 38.6 Å². The zero-order valence-corrected chi connectivity index (χ0v) is 14.6. The molecule has 1 N–H and O–H groups in total. The number of fused-ring (bicyclic) bond motifs is 1. The van der Waals surface area contributed by atoms with Crippen LogP contribution in [-0.2, 0) is 4.79 Å². The van der Waals surface area contributed by atoms with Crippen LogP contribution in [-0.4, -0.2) is 60.0 Å². The summed E-state index contributed by atoms with van der Waals surface area (Å²) in [4.78, 5) is 17.3. The van der Waals surface area contributed by atoms with Gasteiger partial charge in [-0.3, -0.25) is 9.69 Å². The first-order chi connectivity index (χ1) is 9.24. The number of hydrogen-bond donors (Lipinski definition) is 1. The molecule has 6 heteroatoms. The zero-order valence-electron chi connectivity index (χ0n) is 12.9. The smallest absolute Gasteiger partial charge is 0.224 e. The van der Waals surface area contributed by atoms with Crippen molar-refractivity contribution >= 4 is 30.7 Å². The summed E-state index contributed by atoms with van der Waals surface area (Å²) < 4.78 is 0. The predicted molar refractivity (Wildman–Crippen MR) is 90.5 cm³/mol. The Hall–Kier alpha value is -0.0300. The molecular formula is C15H29Cl2N3O. The van der Waals surface area contributed by atoms with E-state index in [9.17, 15) is 4.79 Å². The molecule has 0 bridgehead atoms. The molecule has 0 aromatic carbocycles. The van der Waals surface area contributed by atoms with E-state index in [1.807, 2.05) is 0 Å². The minimum absolute atomic E-state index is 0. The molecule has 3 fully saturated rings. The van der Waals surface area contributed by atoms with Crippen LogP contribution in [0.15, 0.2) is 0 Å². The van der Waals surface area contributed by atoms with Gasteiger partial charge in [0.05, 0.1) is 0 Å². The number of carbonyl (C=O) groups is 1. The third kappa shape index (κ3) is 4.47. The maximum atomic E-state index is 12.5. The lowest BCUT2D eigenvalue weighted by atomic mass is 9.96. The Kier molecular flexibility index (Phi) is 7.75. The second-order valence-corrected chi connectivity index (χ2v) is 6.54. The third-order valence-electron chi connectivity index (χ3n) is 5.09. The Bertz CT molecular complexity index is 337. The van der Waals surface area contributed by atoms with Crippen LogP contribution in [0.1, 0.15) is 45.4 Å². The van der Waals surface area contributed by atoms with E-state index >= 15 is 0 Å². The number of piperidine rings is 1.